The standard InChI is InChI=1S/C18H15NO6S2/c20-15(21)6-5-12(17(23)24)19-16(22)14(27-18(19)26)8-10-7-11-3-1-2-4-13(11)25-9-10/h1-4,7-8,12H,5-6,9H2,(H,20,21)(H,23,24)/b14-8-/t12-/m1/s1. The van der Waals surface area contributed by atoms with Gasteiger partial charge < -0.3 is 14.9 Å². The number of hydrogen-bond donors (Lipinski definition) is 2. The number of carboxylic acid groups (broad SMARTS) is 2. The molecule has 0 aliphatic carbocycles. The van der Waals surface area contributed by atoms with Crippen LogP contribution in [-0.2, 0) is 14.4 Å². The summed E-state index contributed by atoms with van der Waals surface area (Å²) in [6.45, 7) is 0.280. The SMILES string of the molecule is O=C(O)CC[C@H](C(=O)O)N1C(=O)/C(=C/C2=Cc3ccccc3OC2)SC1=S. The Labute approximate surface area is 164 Å². The van der Waals surface area contributed by atoms with Crippen molar-refractivity contribution in [3.05, 3.63) is 46.4 Å². The maximum atomic E-state index is 12.7. The number of carboxylic acids is 2. The van der Waals surface area contributed by atoms with Gasteiger partial charge in [-0.05, 0) is 30.2 Å². The lowest BCUT2D eigenvalue weighted by Gasteiger charge is -2.22. The summed E-state index contributed by atoms with van der Waals surface area (Å²) in [5.41, 5.74) is 1.64. The first-order valence-electron chi connectivity index (χ1n) is 8.01. The molecule has 3 rings (SSSR count). The molecule has 2 heterocycles. The number of thiocarbonyl (C=S) groups is 1. The van der Waals surface area contributed by atoms with E-state index in [9.17, 15) is 19.5 Å². The second-order valence-electron chi connectivity index (χ2n) is 5.88. The van der Waals surface area contributed by atoms with Crippen molar-refractivity contribution in [3.63, 3.8) is 0 Å². The number of ether oxygens (including phenoxy) is 1. The quantitative estimate of drug-likeness (QED) is 0.550. The fourth-order valence-corrected chi connectivity index (χ4v) is 4.13. The predicted octanol–water partition coefficient (Wildman–Crippen LogP) is 2.52. The number of aliphatic carboxylic acids is 2. The predicted molar refractivity (Wildman–Crippen MR) is 103 cm³/mol. The summed E-state index contributed by atoms with van der Waals surface area (Å²) < 4.78 is 5.75. The zero-order valence-corrected chi connectivity index (χ0v) is 15.6. The monoisotopic (exact) mass is 405 g/mol. The Morgan fingerprint density at radius 3 is 2.78 bits per heavy atom. The maximum Gasteiger partial charge on any atom is 0.326 e. The van der Waals surface area contributed by atoms with Crippen molar-refractivity contribution in [2.75, 3.05) is 6.61 Å². The molecule has 0 aromatic heterocycles. The van der Waals surface area contributed by atoms with Crippen molar-refractivity contribution in [2.24, 2.45) is 0 Å². The largest absolute Gasteiger partial charge is 0.488 e. The smallest absolute Gasteiger partial charge is 0.326 e. The van der Waals surface area contributed by atoms with Crippen LogP contribution in [0.5, 0.6) is 5.75 Å². The molecule has 1 atom stereocenters. The molecule has 9 heteroatoms. The number of para-hydroxylation sites is 1. The fraction of sp³-hybridized carbons (Fsp3) is 0.222. The maximum absolute atomic E-state index is 12.7. The molecule has 2 N–H and O–H groups in total. The average Bonchev–Trinajstić information content (AvgIpc) is 2.89. The third kappa shape index (κ3) is 4.20. The average molecular weight is 405 g/mol. The molecule has 0 bridgehead atoms. The highest BCUT2D eigenvalue weighted by Gasteiger charge is 2.40. The highest BCUT2D eigenvalue weighted by Crippen LogP contribution is 2.35. The Balaban J connectivity index is 1.83. The Bertz CT molecular complexity index is 892. The molecule has 0 unspecified atom stereocenters. The summed E-state index contributed by atoms with van der Waals surface area (Å²) in [6, 6.07) is 6.17. The van der Waals surface area contributed by atoms with Crippen LogP contribution in [0.4, 0.5) is 0 Å². The number of amides is 1. The summed E-state index contributed by atoms with van der Waals surface area (Å²) in [7, 11) is 0. The first-order valence-corrected chi connectivity index (χ1v) is 9.23. The molecule has 2 aliphatic heterocycles. The molecule has 1 aromatic rings. The number of benzene rings is 1. The molecule has 140 valence electrons. The summed E-state index contributed by atoms with van der Waals surface area (Å²) >= 11 is 6.16. The molecular formula is C18H15NO6S2. The van der Waals surface area contributed by atoms with E-state index in [-0.39, 0.29) is 28.7 Å². The third-order valence-electron chi connectivity index (χ3n) is 4.02. The zero-order chi connectivity index (χ0) is 19.6. The topological polar surface area (TPSA) is 104 Å². The molecule has 1 fully saturated rings. The van der Waals surface area contributed by atoms with Crippen LogP contribution in [0.15, 0.2) is 40.8 Å². The Hall–Kier alpha value is -2.65. The minimum Gasteiger partial charge on any atom is -0.488 e. The van der Waals surface area contributed by atoms with Gasteiger partial charge in [0.25, 0.3) is 5.91 Å². The molecular weight excluding hydrogens is 390 g/mol. The van der Waals surface area contributed by atoms with E-state index >= 15 is 0 Å². The summed E-state index contributed by atoms with van der Waals surface area (Å²) in [5.74, 6) is -2.21. The Morgan fingerprint density at radius 1 is 1.33 bits per heavy atom. The van der Waals surface area contributed by atoms with Gasteiger partial charge in [-0.25, -0.2) is 4.79 Å². The van der Waals surface area contributed by atoms with E-state index in [1.165, 1.54) is 0 Å². The van der Waals surface area contributed by atoms with Crippen molar-refractivity contribution in [3.8, 4) is 5.75 Å². The number of carbonyl (C=O) groups is 3. The van der Waals surface area contributed by atoms with E-state index in [0.717, 1.165) is 33.5 Å². The van der Waals surface area contributed by atoms with Gasteiger partial charge in [0.1, 0.15) is 22.7 Å². The van der Waals surface area contributed by atoms with E-state index < -0.39 is 23.9 Å². The van der Waals surface area contributed by atoms with Crippen LogP contribution < -0.4 is 4.74 Å². The lowest BCUT2D eigenvalue weighted by Crippen LogP contribution is -2.44. The molecule has 27 heavy (non-hydrogen) atoms. The van der Waals surface area contributed by atoms with Crippen LogP contribution in [0, 0.1) is 0 Å². The minimum absolute atomic E-state index is 0.0989. The zero-order valence-electron chi connectivity index (χ0n) is 14.0. The summed E-state index contributed by atoms with van der Waals surface area (Å²) in [5, 5.41) is 18.2. The van der Waals surface area contributed by atoms with Crippen LogP contribution in [0.1, 0.15) is 18.4 Å². The Morgan fingerprint density at radius 2 is 2.07 bits per heavy atom. The lowest BCUT2D eigenvalue weighted by molar-refractivity contribution is -0.146. The van der Waals surface area contributed by atoms with E-state index in [2.05, 4.69) is 0 Å². The highest BCUT2D eigenvalue weighted by molar-refractivity contribution is 8.26. The van der Waals surface area contributed by atoms with Crippen molar-refractivity contribution >= 4 is 52.2 Å². The minimum atomic E-state index is -1.31. The summed E-state index contributed by atoms with van der Waals surface area (Å²) in [6.07, 6.45) is 2.93. The van der Waals surface area contributed by atoms with Gasteiger partial charge in [-0.1, -0.05) is 42.2 Å². The van der Waals surface area contributed by atoms with Crippen LogP contribution >= 0.6 is 24.0 Å². The van der Waals surface area contributed by atoms with Crippen LogP contribution in [0.2, 0.25) is 0 Å². The lowest BCUT2D eigenvalue weighted by atomic mass is 10.1. The second kappa shape index (κ2) is 7.93. The molecule has 0 saturated carbocycles. The Kier molecular flexibility index (Phi) is 5.62. The van der Waals surface area contributed by atoms with Crippen molar-refractivity contribution < 1.29 is 29.3 Å². The normalized spacial score (nSPS) is 18.7. The summed E-state index contributed by atoms with van der Waals surface area (Å²) in [4.78, 5) is 36.2. The van der Waals surface area contributed by atoms with Crippen molar-refractivity contribution in [1.29, 1.82) is 0 Å². The third-order valence-corrected chi connectivity index (χ3v) is 5.35. The van der Waals surface area contributed by atoms with Gasteiger partial charge in [-0.15, -0.1) is 0 Å². The van der Waals surface area contributed by atoms with E-state index in [0.29, 0.717) is 0 Å². The molecule has 7 nitrogen and oxygen atoms in total. The first-order chi connectivity index (χ1) is 12.9. The molecule has 2 aliphatic rings. The van der Waals surface area contributed by atoms with Crippen LogP contribution in [0.25, 0.3) is 6.08 Å². The molecule has 1 amide bonds. The number of rotatable bonds is 6. The first kappa shape index (κ1) is 19.1. The van der Waals surface area contributed by atoms with Crippen molar-refractivity contribution in [2.45, 2.75) is 18.9 Å². The van der Waals surface area contributed by atoms with Gasteiger partial charge >= 0.3 is 11.9 Å². The molecule has 0 spiro atoms. The van der Waals surface area contributed by atoms with Crippen LogP contribution in [-0.4, -0.2) is 49.9 Å². The number of nitrogens with zero attached hydrogens (tertiary/aromatic N) is 1. The molecule has 0 radical (unpaired) electrons. The highest BCUT2D eigenvalue weighted by atomic mass is 32.2. The van der Waals surface area contributed by atoms with Gasteiger partial charge in [0.05, 0.1) is 4.91 Å². The van der Waals surface area contributed by atoms with E-state index in [4.69, 9.17) is 22.1 Å². The van der Waals surface area contributed by atoms with Gasteiger partial charge in [0.15, 0.2) is 0 Å². The fourth-order valence-electron chi connectivity index (χ4n) is 2.76. The molecule has 1 saturated heterocycles. The van der Waals surface area contributed by atoms with E-state index in [1.807, 2.05) is 30.3 Å². The van der Waals surface area contributed by atoms with Gasteiger partial charge in [-0.2, -0.15) is 0 Å². The number of fused-ring (bicyclic) bond motifs is 1. The van der Waals surface area contributed by atoms with Gasteiger partial charge in [-0.3, -0.25) is 14.5 Å². The second-order valence-corrected chi connectivity index (χ2v) is 7.56. The number of carbonyl (C=O) groups excluding carboxylic acids is 1. The van der Waals surface area contributed by atoms with Gasteiger partial charge in [0, 0.05) is 12.0 Å². The van der Waals surface area contributed by atoms with E-state index in [1.54, 1.807) is 6.08 Å². The van der Waals surface area contributed by atoms with Crippen molar-refractivity contribution in [1.82, 2.24) is 4.90 Å². The molecule has 1 aromatic carbocycles. The number of thioether (sulfide) groups is 1. The number of hydrogen-bond acceptors (Lipinski definition) is 6. The van der Waals surface area contributed by atoms with Gasteiger partial charge in [0.2, 0.25) is 0 Å². The van der Waals surface area contributed by atoms with Crippen LogP contribution in [0.3, 0.4) is 0 Å².